The molecule has 9 nitrogen and oxygen atoms in total. The zero-order chi connectivity index (χ0) is 24.9. The minimum absolute atomic E-state index is 0.0353. The minimum atomic E-state index is -4.03. The first kappa shape index (κ1) is 25.0. The lowest BCUT2D eigenvalue weighted by Gasteiger charge is -2.29. The molecule has 182 valence electrons. The highest BCUT2D eigenvalue weighted by Gasteiger charge is 2.36. The summed E-state index contributed by atoms with van der Waals surface area (Å²) < 4.78 is 55.3. The molecule has 2 N–H and O–H groups in total. The number of carbonyl (C=O) groups excluding carboxylic acids is 2. The predicted octanol–water partition coefficient (Wildman–Crippen LogP) is 2.88. The van der Waals surface area contributed by atoms with Crippen LogP contribution in [0.3, 0.4) is 0 Å². The maximum absolute atomic E-state index is 13.3. The summed E-state index contributed by atoms with van der Waals surface area (Å²) in [7, 11) is -2.58. The number of hydrogen-bond donors (Lipinski definition) is 2. The van der Waals surface area contributed by atoms with Gasteiger partial charge < -0.3 is 24.8 Å². The molecule has 1 aliphatic rings. The Kier molecular flexibility index (Phi) is 7.77. The molecule has 0 spiro atoms. The molecule has 0 bridgehead atoms. The van der Waals surface area contributed by atoms with Crippen LogP contribution in [0.15, 0.2) is 58.6 Å². The number of esters is 1. The van der Waals surface area contributed by atoms with E-state index in [0.717, 1.165) is 24.3 Å². The molecule has 0 aliphatic carbocycles. The third-order valence-electron chi connectivity index (χ3n) is 4.98. The molecule has 1 aliphatic heterocycles. The van der Waals surface area contributed by atoms with Gasteiger partial charge in [0, 0.05) is 5.70 Å². The van der Waals surface area contributed by atoms with Gasteiger partial charge in [-0.15, -0.1) is 0 Å². The second kappa shape index (κ2) is 10.6. The third-order valence-corrected chi connectivity index (χ3v) is 6.64. The highest BCUT2D eigenvalue weighted by Crippen LogP contribution is 2.35. The standard InChI is InChI=1S/C23H25FN2O7S/c1-4-32-18-11-6-14(12-19(18)31-3)21-20(22(27)33-5-2)17(25-23(28)26-21)13-34(29,30)16-9-7-15(24)8-10-16/h6-12,21H,4-5,13H2,1-3H3,(H2,25,26,28)/t21-/m0/s1. The summed E-state index contributed by atoms with van der Waals surface area (Å²) in [4.78, 5) is 25.2. The Morgan fingerprint density at radius 1 is 1.06 bits per heavy atom. The number of hydrogen-bond acceptors (Lipinski definition) is 7. The van der Waals surface area contributed by atoms with E-state index in [1.165, 1.54) is 7.11 Å². The number of amides is 2. The van der Waals surface area contributed by atoms with Gasteiger partial charge in [-0.2, -0.15) is 0 Å². The normalized spacial score (nSPS) is 15.9. The third kappa shape index (κ3) is 5.48. The van der Waals surface area contributed by atoms with Gasteiger partial charge in [-0.3, -0.25) is 0 Å². The van der Waals surface area contributed by atoms with Crippen LogP contribution in [0.2, 0.25) is 0 Å². The quantitative estimate of drug-likeness (QED) is 0.408. The highest BCUT2D eigenvalue weighted by molar-refractivity contribution is 7.91. The van der Waals surface area contributed by atoms with Gasteiger partial charge in [-0.25, -0.2) is 22.4 Å². The van der Waals surface area contributed by atoms with Crippen LogP contribution in [0.25, 0.3) is 0 Å². The second-order valence-corrected chi connectivity index (χ2v) is 9.19. The number of benzene rings is 2. The zero-order valence-corrected chi connectivity index (χ0v) is 19.7. The van der Waals surface area contributed by atoms with Crippen LogP contribution in [0, 0.1) is 5.82 Å². The minimum Gasteiger partial charge on any atom is -0.493 e. The van der Waals surface area contributed by atoms with Crippen molar-refractivity contribution in [3.05, 3.63) is 65.1 Å². The fourth-order valence-electron chi connectivity index (χ4n) is 3.49. The molecule has 2 aromatic rings. The van der Waals surface area contributed by atoms with Crippen molar-refractivity contribution in [3.8, 4) is 11.5 Å². The van der Waals surface area contributed by atoms with E-state index < -0.39 is 39.4 Å². The molecule has 0 saturated heterocycles. The first-order valence-corrected chi connectivity index (χ1v) is 12.1. The lowest BCUT2D eigenvalue weighted by Crippen LogP contribution is -2.47. The summed E-state index contributed by atoms with van der Waals surface area (Å²) in [6.07, 6.45) is 0. The van der Waals surface area contributed by atoms with Gasteiger partial charge in [0.05, 0.1) is 42.6 Å². The van der Waals surface area contributed by atoms with E-state index in [2.05, 4.69) is 10.6 Å². The van der Waals surface area contributed by atoms with Crippen molar-refractivity contribution in [3.63, 3.8) is 0 Å². The van der Waals surface area contributed by atoms with Gasteiger partial charge >= 0.3 is 12.0 Å². The summed E-state index contributed by atoms with van der Waals surface area (Å²) in [6, 6.07) is 7.41. The van der Waals surface area contributed by atoms with E-state index in [4.69, 9.17) is 14.2 Å². The monoisotopic (exact) mass is 492 g/mol. The summed E-state index contributed by atoms with van der Waals surface area (Å²) >= 11 is 0. The van der Waals surface area contributed by atoms with Crippen LogP contribution in [0.1, 0.15) is 25.5 Å². The number of carbonyl (C=O) groups is 2. The molecular formula is C23H25FN2O7S. The van der Waals surface area contributed by atoms with E-state index in [1.807, 2.05) is 6.92 Å². The summed E-state index contributed by atoms with van der Waals surface area (Å²) in [5.41, 5.74) is 0.248. The average Bonchev–Trinajstić information content (AvgIpc) is 2.79. The molecule has 1 atom stereocenters. The molecule has 3 rings (SSSR count). The molecule has 0 saturated carbocycles. The van der Waals surface area contributed by atoms with E-state index in [9.17, 15) is 22.4 Å². The Hall–Kier alpha value is -3.60. The smallest absolute Gasteiger partial charge is 0.338 e. The highest BCUT2D eigenvalue weighted by atomic mass is 32.2. The molecule has 34 heavy (non-hydrogen) atoms. The molecule has 0 aromatic heterocycles. The lowest BCUT2D eigenvalue weighted by atomic mass is 9.95. The van der Waals surface area contributed by atoms with Crippen LogP contribution in [-0.2, 0) is 19.4 Å². The van der Waals surface area contributed by atoms with Crippen molar-refractivity contribution >= 4 is 21.8 Å². The molecule has 11 heteroatoms. The predicted molar refractivity (Wildman–Crippen MR) is 121 cm³/mol. The van der Waals surface area contributed by atoms with Gasteiger partial charge in [-0.1, -0.05) is 6.07 Å². The summed E-state index contributed by atoms with van der Waals surface area (Å²) in [6.45, 7) is 3.86. The van der Waals surface area contributed by atoms with Crippen LogP contribution in [-0.4, -0.2) is 46.5 Å². The van der Waals surface area contributed by atoms with E-state index in [1.54, 1.807) is 25.1 Å². The molecule has 0 fully saturated rings. The molecule has 2 amide bonds. The maximum Gasteiger partial charge on any atom is 0.338 e. The van der Waals surface area contributed by atoms with Crippen LogP contribution in [0.5, 0.6) is 11.5 Å². The van der Waals surface area contributed by atoms with Crippen molar-refractivity contribution in [1.82, 2.24) is 10.6 Å². The van der Waals surface area contributed by atoms with Crippen molar-refractivity contribution < 1.29 is 36.6 Å². The average molecular weight is 493 g/mol. The van der Waals surface area contributed by atoms with Crippen molar-refractivity contribution in [1.29, 1.82) is 0 Å². The van der Waals surface area contributed by atoms with Gasteiger partial charge in [0.15, 0.2) is 21.3 Å². The Labute approximate surface area is 196 Å². The fraction of sp³-hybridized carbons (Fsp3) is 0.304. The topological polar surface area (TPSA) is 120 Å². The van der Waals surface area contributed by atoms with Crippen LogP contribution >= 0.6 is 0 Å². The van der Waals surface area contributed by atoms with Gasteiger partial charge in [0.25, 0.3) is 0 Å². The Morgan fingerprint density at radius 3 is 2.38 bits per heavy atom. The molecule has 1 heterocycles. The van der Waals surface area contributed by atoms with Crippen molar-refractivity contribution in [2.24, 2.45) is 0 Å². The van der Waals surface area contributed by atoms with E-state index in [0.29, 0.717) is 23.7 Å². The number of urea groups is 1. The largest absolute Gasteiger partial charge is 0.493 e. The van der Waals surface area contributed by atoms with Crippen molar-refractivity contribution in [2.75, 3.05) is 26.1 Å². The maximum atomic E-state index is 13.3. The van der Waals surface area contributed by atoms with E-state index >= 15 is 0 Å². The van der Waals surface area contributed by atoms with Crippen LogP contribution < -0.4 is 20.1 Å². The van der Waals surface area contributed by atoms with Gasteiger partial charge in [0.1, 0.15) is 5.82 Å². The summed E-state index contributed by atoms with van der Waals surface area (Å²) in [5, 5.41) is 5.06. The second-order valence-electron chi connectivity index (χ2n) is 7.20. The number of methoxy groups -OCH3 is 1. The zero-order valence-electron chi connectivity index (χ0n) is 18.9. The summed E-state index contributed by atoms with van der Waals surface area (Å²) in [5.74, 6) is -1.25. The number of ether oxygens (including phenoxy) is 3. The molecule has 2 aromatic carbocycles. The number of sulfone groups is 1. The van der Waals surface area contributed by atoms with Crippen LogP contribution in [0.4, 0.5) is 9.18 Å². The number of halogens is 1. The first-order chi connectivity index (χ1) is 16.2. The number of rotatable bonds is 9. The molecule has 0 unspecified atom stereocenters. The fourth-order valence-corrected chi connectivity index (χ4v) is 4.81. The Balaban J connectivity index is 2.10. The molecule has 0 radical (unpaired) electrons. The van der Waals surface area contributed by atoms with Gasteiger partial charge in [-0.05, 0) is 55.8 Å². The number of nitrogens with one attached hydrogen (secondary N) is 2. The SMILES string of the molecule is CCOC(=O)C1=C(CS(=O)(=O)c2ccc(F)cc2)NC(=O)N[C@H]1c1ccc(OCC)c(OC)c1. The lowest BCUT2D eigenvalue weighted by molar-refractivity contribution is -0.139. The van der Waals surface area contributed by atoms with Gasteiger partial charge in [0.2, 0.25) is 0 Å². The molecular weight excluding hydrogens is 467 g/mol. The Bertz CT molecular complexity index is 1210. The van der Waals surface area contributed by atoms with Crippen molar-refractivity contribution in [2.45, 2.75) is 24.8 Å². The first-order valence-electron chi connectivity index (χ1n) is 10.5. The Morgan fingerprint density at radius 2 is 1.76 bits per heavy atom. The van der Waals surface area contributed by atoms with E-state index in [-0.39, 0.29) is 22.8 Å².